The zero-order valence-electron chi connectivity index (χ0n) is 6.41. The summed E-state index contributed by atoms with van der Waals surface area (Å²) in [4.78, 5) is 17.8. The second kappa shape index (κ2) is 22.8. The zero-order chi connectivity index (χ0) is 7.15. The zero-order valence-corrected chi connectivity index (χ0v) is 7.45. The van der Waals surface area contributed by atoms with Gasteiger partial charge in [0.25, 0.3) is 0 Å². The fraction of sp³-hybridized carbons (Fsp3) is 0.500. The van der Waals surface area contributed by atoms with Crippen LogP contribution in [0.25, 0.3) is 0 Å². The number of aliphatic carboxylic acids is 2. The Morgan fingerprint density at radius 2 is 1.00 bits per heavy atom. The van der Waals surface area contributed by atoms with Crippen molar-refractivity contribution in [1.82, 2.24) is 6.15 Å². The second-order valence-electron chi connectivity index (χ2n) is 0.983. The molecule has 5 N–H and O–H groups in total. The van der Waals surface area contributed by atoms with Crippen LogP contribution >= 0.6 is 0 Å². The van der Waals surface area contributed by atoms with Crippen molar-refractivity contribution in [2.75, 3.05) is 0 Å². The van der Waals surface area contributed by atoms with Gasteiger partial charge in [0.15, 0.2) is 0 Å². The molecule has 71 valence electrons. The predicted molar refractivity (Wildman–Crippen MR) is 29.3 cm³/mol. The summed E-state index contributed by atoms with van der Waals surface area (Å²) in [6.07, 6.45) is 0. The Morgan fingerprint density at radius 1 is 1.00 bits per heavy atom. The van der Waals surface area contributed by atoms with Crippen molar-refractivity contribution in [3.8, 4) is 0 Å². The van der Waals surface area contributed by atoms with Crippen LogP contribution in [0.5, 0.6) is 0 Å². The molecule has 0 aliphatic rings. The predicted octanol–water partition coefficient (Wildman–Crippen LogP) is -2.29. The van der Waals surface area contributed by atoms with Crippen LogP contribution in [0.4, 0.5) is 0 Å². The van der Waals surface area contributed by atoms with Gasteiger partial charge in [0.2, 0.25) is 0 Å². The third kappa shape index (κ3) is 1270. The number of hydrogen-bond acceptors (Lipinski definition) is 5. The smallest absolute Gasteiger partial charge is 0.870 e. The first-order valence-corrected chi connectivity index (χ1v) is 1.82. The molecule has 0 amide bonds. The molecule has 11 heavy (non-hydrogen) atoms. The summed E-state index contributed by atoms with van der Waals surface area (Å²) in [6, 6.07) is 0. The Morgan fingerprint density at radius 3 is 1.00 bits per heavy atom. The van der Waals surface area contributed by atoms with Gasteiger partial charge in [-0.1, -0.05) is 0 Å². The number of carboxylic acid groups (broad SMARTS) is 2. The van der Waals surface area contributed by atoms with Gasteiger partial charge in [-0.3, -0.25) is 0 Å². The molecule has 0 fully saturated rings. The number of quaternary nitrogens is 1. The van der Waals surface area contributed by atoms with Crippen LogP contribution in [-0.4, -0.2) is 17.4 Å². The maximum Gasteiger partial charge on any atom is 2.00 e. The molecule has 0 spiro atoms. The maximum absolute atomic E-state index is 8.89. The quantitative estimate of drug-likeness (QED) is 0.479. The summed E-state index contributed by atoms with van der Waals surface area (Å²) < 4.78 is 0. The van der Waals surface area contributed by atoms with Crippen molar-refractivity contribution in [1.29, 1.82) is 0 Å². The summed E-state index contributed by atoms with van der Waals surface area (Å²) in [5.41, 5.74) is 0. The number of carboxylic acids is 2. The van der Waals surface area contributed by atoms with Gasteiger partial charge in [0.05, 0.1) is 0 Å². The molecule has 0 aromatic carbocycles. The molecule has 0 heterocycles. The van der Waals surface area contributed by atoms with Crippen LogP contribution in [0.2, 0.25) is 0 Å². The van der Waals surface area contributed by atoms with Crippen LogP contribution < -0.4 is 16.4 Å². The molecule has 0 aromatic rings. The number of carbonyl (C=O) groups is 2. The van der Waals surface area contributed by atoms with Crippen molar-refractivity contribution in [3.05, 3.63) is 0 Å². The van der Waals surface area contributed by atoms with Crippen molar-refractivity contribution >= 4 is 11.9 Å². The average Bonchev–Trinajstić information content (AvgIpc) is 1.25. The first kappa shape index (κ1) is 31.6. The van der Waals surface area contributed by atoms with E-state index in [9.17, 15) is 0 Å². The van der Waals surface area contributed by atoms with Crippen LogP contribution in [0.3, 0.4) is 0 Å². The molecule has 0 rings (SSSR count). The van der Waals surface area contributed by atoms with E-state index in [0.29, 0.717) is 0 Å². The number of carbonyl (C=O) groups excluding carboxylic acids is 2. The Labute approximate surface area is 74.7 Å². The van der Waals surface area contributed by atoms with E-state index in [1.165, 1.54) is 0 Å². The van der Waals surface area contributed by atoms with Crippen molar-refractivity contribution < 1.29 is 42.1 Å². The first-order chi connectivity index (χ1) is 3.46. The molecule has 0 bridgehead atoms. The SMILES string of the molecule is CC(=O)[O-].CC(=O)[O-].[Co+2].[NH4+].[OH-]. The van der Waals surface area contributed by atoms with Gasteiger partial charge in [0, 0.05) is 11.9 Å². The van der Waals surface area contributed by atoms with E-state index in [1.54, 1.807) is 0 Å². The molecule has 0 aromatic heterocycles. The van der Waals surface area contributed by atoms with Crippen LogP contribution in [0, 0.1) is 0 Å². The molecular weight excluding hydrogens is 201 g/mol. The van der Waals surface area contributed by atoms with Crippen molar-refractivity contribution in [2.45, 2.75) is 13.8 Å². The summed E-state index contributed by atoms with van der Waals surface area (Å²) in [7, 11) is 0. The summed E-state index contributed by atoms with van der Waals surface area (Å²) in [5, 5.41) is 17.8. The fourth-order valence-electron chi connectivity index (χ4n) is 0. The third-order valence-electron chi connectivity index (χ3n) is 0. The van der Waals surface area contributed by atoms with E-state index in [0.717, 1.165) is 13.8 Å². The maximum atomic E-state index is 8.89. The normalized spacial score (nSPS) is 4.55. The minimum Gasteiger partial charge on any atom is -0.870 e. The standard InChI is InChI=1S/2C2H4O2.Co.H3N.H2O/c2*1-2(3)4;;;/h2*1H3,(H,3,4);;1H3;1H2/q;;+2;;/p-2. The monoisotopic (exact) mass is 212 g/mol. The molecule has 0 aliphatic carbocycles. The summed E-state index contributed by atoms with van der Waals surface area (Å²) in [6.45, 7) is 1.94. The summed E-state index contributed by atoms with van der Waals surface area (Å²) in [5.74, 6) is -2.17. The first-order valence-electron chi connectivity index (χ1n) is 1.82. The average molecular weight is 212 g/mol. The van der Waals surface area contributed by atoms with E-state index in [1.807, 2.05) is 0 Å². The second-order valence-corrected chi connectivity index (χ2v) is 0.983. The summed E-state index contributed by atoms with van der Waals surface area (Å²) >= 11 is 0. The molecular formula is C4H11CoNO5. The molecule has 0 aliphatic heterocycles. The molecule has 0 saturated carbocycles. The van der Waals surface area contributed by atoms with E-state index in [2.05, 4.69) is 0 Å². The van der Waals surface area contributed by atoms with Gasteiger partial charge in [-0.25, -0.2) is 0 Å². The largest absolute Gasteiger partial charge is 2.00 e. The Balaban J connectivity index is -0.0000000171. The Hall–Kier alpha value is -0.634. The minimum atomic E-state index is -1.08. The van der Waals surface area contributed by atoms with E-state index >= 15 is 0 Å². The van der Waals surface area contributed by atoms with Gasteiger partial charge in [0.1, 0.15) is 0 Å². The molecule has 0 unspecified atom stereocenters. The third-order valence-corrected chi connectivity index (χ3v) is 0. The van der Waals surface area contributed by atoms with Gasteiger partial charge in [-0.15, -0.1) is 0 Å². The molecule has 6 nitrogen and oxygen atoms in total. The van der Waals surface area contributed by atoms with Gasteiger partial charge in [-0.2, -0.15) is 0 Å². The van der Waals surface area contributed by atoms with Crippen molar-refractivity contribution in [2.24, 2.45) is 0 Å². The van der Waals surface area contributed by atoms with Gasteiger partial charge in [-0.05, 0) is 13.8 Å². The van der Waals surface area contributed by atoms with Crippen LogP contribution in [0.15, 0.2) is 0 Å². The van der Waals surface area contributed by atoms with Crippen LogP contribution in [0.1, 0.15) is 13.8 Å². The molecule has 7 heteroatoms. The minimum absolute atomic E-state index is 0. The van der Waals surface area contributed by atoms with Crippen molar-refractivity contribution in [3.63, 3.8) is 0 Å². The van der Waals surface area contributed by atoms with E-state index in [4.69, 9.17) is 19.8 Å². The number of hydrogen-bond donors (Lipinski definition) is 1. The topological polar surface area (TPSA) is 147 Å². The molecule has 1 radical (unpaired) electrons. The van der Waals surface area contributed by atoms with Gasteiger partial charge < -0.3 is 31.4 Å². The Bertz CT molecular complexity index is 76.5. The molecule has 0 atom stereocenters. The van der Waals surface area contributed by atoms with E-state index < -0.39 is 11.9 Å². The Kier molecular flexibility index (Phi) is 65.4. The van der Waals surface area contributed by atoms with E-state index in [-0.39, 0.29) is 28.4 Å². The van der Waals surface area contributed by atoms with Gasteiger partial charge >= 0.3 is 16.8 Å². The fourth-order valence-corrected chi connectivity index (χ4v) is 0. The number of rotatable bonds is 0. The molecule has 0 saturated heterocycles. The van der Waals surface area contributed by atoms with Crippen LogP contribution in [-0.2, 0) is 26.4 Å².